The van der Waals surface area contributed by atoms with Crippen LogP contribution in [0.3, 0.4) is 0 Å². The summed E-state index contributed by atoms with van der Waals surface area (Å²) in [6, 6.07) is 0. The Balaban J connectivity index is 0.00000144. The van der Waals surface area contributed by atoms with E-state index in [-0.39, 0.29) is 12.4 Å². The smallest absolute Gasteiger partial charge is 0.158 e. The second-order valence-electron chi connectivity index (χ2n) is 3.49. The molecular formula is C7H17ClN2O2S. The van der Waals surface area contributed by atoms with Crippen molar-refractivity contribution >= 4 is 23.1 Å². The normalized spacial score (nSPS) is 19.9. The molecule has 1 saturated heterocycles. The topological polar surface area (TPSA) is 49.4 Å². The minimum Gasteiger partial charge on any atom is -0.314 e. The fourth-order valence-electron chi connectivity index (χ4n) is 1.33. The van der Waals surface area contributed by atoms with E-state index in [4.69, 9.17) is 0 Å². The van der Waals surface area contributed by atoms with Gasteiger partial charge in [-0.3, -0.25) is 4.90 Å². The van der Waals surface area contributed by atoms with Gasteiger partial charge in [-0.25, -0.2) is 8.42 Å². The van der Waals surface area contributed by atoms with Gasteiger partial charge in [0, 0.05) is 26.2 Å². The van der Waals surface area contributed by atoms with Crippen LogP contribution in [0.2, 0.25) is 0 Å². The van der Waals surface area contributed by atoms with Crippen LogP contribution < -0.4 is 5.32 Å². The highest BCUT2D eigenvalue weighted by atomic mass is 35.5. The second kappa shape index (κ2) is 5.14. The first-order chi connectivity index (χ1) is 5.55. The average Bonchev–Trinajstić information content (AvgIpc) is 2.06. The number of nitrogens with zero attached hydrogens (tertiary/aromatic N) is 1. The van der Waals surface area contributed by atoms with Gasteiger partial charge in [0.15, 0.2) is 10.7 Å². The summed E-state index contributed by atoms with van der Waals surface area (Å²) in [5.41, 5.74) is 0. The van der Waals surface area contributed by atoms with Gasteiger partial charge in [-0.1, -0.05) is 0 Å². The summed E-state index contributed by atoms with van der Waals surface area (Å²) in [4.78, 5) is 1.31. The van der Waals surface area contributed by atoms with Gasteiger partial charge in [0.05, 0.1) is 0 Å². The molecule has 0 spiro atoms. The Bertz CT molecular complexity index is 217. The Morgan fingerprint density at radius 1 is 1.23 bits per heavy atom. The number of hydrogen-bond donors (Lipinski definition) is 2. The van der Waals surface area contributed by atoms with Crippen LogP contribution in [0.15, 0.2) is 0 Å². The van der Waals surface area contributed by atoms with E-state index in [0.29, 0.717) is 0 Å². The van der Waals surface area contributed by atoms with Gasteiger partial charge >= 0.3 is 0 Å². The first-order valence-corrected chi connectivity index (χ1v) is 5.33. The molecule has 1 heterocycles. The highest BCUT2D eigenvalue weighted by molar-refractivity contribution is 7.73. The molecule has 1 N–H and O–H groups in total. The van der Waals surface area contributed by atoms with Gasteiger partial charge in [-0.15, -0.1) is 12.4 Å². The molecule has 0 amide bonds. The zero-order valence-electron chi connectivity index (χ0n) is 7.95. The standard InChI is InChI=1S/C7H16N2O2S.ClH/c1-7(2,12(10)11)9-5-3-8-4-6-9;/h8,12H,3-6H2,1-2H3;1H. The Kier molecular flexibility index (Phi) is 5.21. The maximum absolute atomic E-state index is 10.9. The lowest BCUT2D eigenvalue weighted by Gasteiger charge is -2.36. The third-order valence-corrected chi connectivity index (χ3v) is 3.51. The third kappa shape index (κ3) is 3.09. The first-order valence-electron chi connectivity index (χ1n) is 4.15. The number of halogens is 1. The third-order valence-electron chi connectivity index (χ3n) is 2.34. The SMILES string of the molecule is CC(C)(N1CCNCC1)[SH](=O)=O.Cl. The zero-order chi connectivity index (χ0) is 9.19. The van der Waals surface area contributed by atoms with Gasteiger partial charge in [0.1, 0.15) is 4.87 Å². The van der Waals surface area contributed by atoms with Crippen LogP contribution in [0.4, 0.5) is 0 Å². The minimum absolute atomic E-state index is 0. The number of piperazine rings is 1. The van der Waals surface area contributed by atoms with Crippen molar-refractivity contribution in [3.8, 4) is 0 Å². The summed E-state index contributed by atoms with van der Waals surface area (Å²) >= 11 is 0. The predicted octanol–water partition coefficient (Wildman–Crippen LogP) is -0.339. The van der Waals surface area contributed by atoms with Crippen LogP contribution in [0.25, 0.3) is 0 Å². The van der Waals surface area contributed by atoms with Crippen LogP contribution in [0, 0.1) is 0 Å². The van der Waals surface area contributed by atoms with Crippen LogP contribution >= 0.6 is 12.4 Å². The second-order valence-corrected chi connectivity index (χ2v) is 5.10. The van der Waals surface area contributed by atoms with E-state index < -0.39 is 15.6 Å². The van der Waals surface area contributed by atoms with Crippen molar-refractivity contribution in [2.45, 2.75) is 18.7 Å². The lowest BCUT2D eigenvalue weighted by molar-refractivity contribution is 0.166. The van der Waals surface area contributed by atoms with Crippen LogP contribution in [0.5, 0.6) is 0 Å². The quantitative estimate of drug-likeness (QED) is 0.635. The zero-order valence-corrected chi connectivity index (χ0v) is 9.66. The number of rotatable bonds is 2. The molecule has 0 aromatic carbocycles. The molecule has 0 aromatic heterocycles. The molecule has 1 rings (SSSR count). The van der Waals surface area contributed by atoms with E-state index in [1.807, 2.05) is 4.90 Å². The molecule has 0 unspecified atom stereocenters. The van der Waals surface area contributed by atoms with Gasteiger partial charge in [0.2, 0.25) is 0 Å². The molecule has 0 aromatic rings. The van der Waals surface area contributed by atoms with E-state index in [1.54, 1.807) is 13.8 Å². The van der Waals surface area contributed by atoms with E-state index in [9.17, 15) is 8.42 Å². The summed E-state index contributed by atoms with van der Waals surface area (Å²) in [5.74, 6) is 0. The fourth-order valence-corrected chi connectivity index (χ4v) is 1.76. The first kappa shape index (κ1) is 13.2. The van der Waals surface area contributed by atoms with Crippen LogP contribution in [0.1, 0.15) is 13.8 Å². The van der Waals surface area contributed by atoms with E-state index >= 15 is 0 Å². The lowest BCUT2D eigenvalue weighted by atomic mass is 10.2. The summed E-state index contributed by atoms with van der Waals surface area (Å²) in [5, 5.41) is 3.19. The van der Waals surface area contributed by atoms with Gasteiger partial charge in [-0.05, 0) is 13.8 Å². The summed E-state index contributed by atoms with van der Waals surface area (Å²) in [7, 11) is -2.37. The number of nitrogens with one attached hydrogen (secondary N) is 1. The fraction of sp³-hybridized carbons (Fsp3) is 1.00. The largest absolute Gasteiger partial charge is 0.314 e. The van der Waals surface area contributed by atoms with E-state index in [1.165, 1.54) is 0 Å². The van der Waals surface area contributed by atoms with Gasteiger partial charge in [-0.2, -0.15) is 0 Å². The van der Waals surface area contributed by atoms with Crippen molar-refractivity contribution in [3.05, 3.63) is 0 Å². The van der Waals surface area contributed by atoms with Crippen molar-refractivity contribution in [1.29, 1.82) is 0 Å². The predicted molar refractivity (Wildman–Crippen MR) is 56.1 cm³/mol. The van der Waals surface area contributed by atoms with Crippen LogP contribution in [-0.4, -0.2) is 44.4 Å². The van der Waals surface area contributed by atoms with Crippen molar-refractivity contribution < 1.29 is 8.42 Å². The van der Waals surface area contributed by atoms with E-state index in [2.05, 4.69) is 5.32 Å². The highest BCUT2D eigenvalue weighted by Gasteiger charge is 2.30. The maximum Gasteiger partial charge on any atom is 0.158 e. The Labute approximate surface area is 87.0 Å². The molecule has 6 heteroatoms. The molecule has 13 heavy (non-hydrogen) atoms. The van der Waals surface area contributed by atoms with Crippen molar-refractivity contribution in [2.24, 2.45) is 0 Å². The minimum atomic E-state index is -2.37. The Morgan fingerprint density at radius 2 is 1.69 bits per heavy atom. The molecule has 1 aliphatic heterocycles. The molecule has 0 bridgehead atoms. The number of thiol groups is 1. The molecule has 4 nitrogen and oxygen atoms in total. The molecule has 1 fully saturated rings. The molecule has 1 aliphatic rings. The molecule has 0 aliphatic carbocycles. The lowest BCUT2D eigenvalue weighted by Crippen LogP contribution is -2.53. The Hall–Kier alpha value is 0.160. The van der Waals surface area contributed by atoms with Crippen molar-refractivity contribution in [2.75, 3.05) is 26.2 Å². The number of hydrogen-bond acceptors (Lipinski definition) is 4. The van der Waals surface area contributed by atoms with Crippen LogP contribution in [-0.2, 0) is 10.7 Å². The Morgan fingerprint density at radius 3 is 2.08 bits per heavy atom. The molecule has 80 valence electrons. The van der Waals surface area contributed by atoms with Crippen molar-refractivity contribution in [1.82, 2.24) is 10.2 Å². The monoisotopic (exact) mass is 228 g/mol. The molecular weight excluding hydrogens is 212 g/mol. The van der Waals surface area contributed by atoms with Gasteiger partial charge < -0.3 is 5.32 Å². The summed E-state index contributed by atoms with van der Waals surface area (Å²) < 4.78 is 21.8. The molecule has 0 saturated carbocycles. The van der Waals surface area contributed by atoms with E-state index in [0.717, 1.165) is 26.2 Å². The van der Waals surface area contributed by atoms with Gasteiger partial charge in [0.25, 0.3) is 0 Å². The summed E-state index contributed by atoms with van der Waals surface area (Å²) in [6.07, 6.45) is 0. The highest BCUT2D eigenvalue weighted by Crippen LogP contribution is 2.15. The maximum atomic E-state index is 10.9. The molecule has 0 radical (unpaired) electrons. The average molecular weight is 229 g/mol. The summed E-state index contributed by atoms with van der Waals surface area (Å²) in [6.45, 7) is 6.90. The molecule has 0 atom stereocenters. The van der Waals surface area contributed by atoms with Crippen molar-refractivity contribution in [3.63, 3.8) is 0 Å².